The normalized spacial score (nSPS) is 24.3. The van der Waals surface area contributed by atoms with Gasteiger partial charge < -0.3 is 5.32 Å². The molecule has 1 aromatic carbocycles. The average molecular weight is 274 g/mol. The molecule has 1 saturated carbocycles. The molecule has 2 aromatic rings. The van der Waals surface area contributed by atoms with E-state index in [-0.39, 0.29) is 0 Å². The number of anilines is 1. The molecule has 2 nitrogen and oxygen atoms in total. The van der Waals surface area contributed by atoms with E-state index in [4.69, 9.17) is 4.98 Å². The fourth-order valence-electron chi connectivity index (χ4n) is 2.91. The Morgan fingerprint density at radius 3 is 3.00 bits per heavy atom. The van der Waals surface area contributed by atoms with Gasteiger partial charge in [-0.05, 0) is 49.8 Å². The van der Waals surface area contributed by atoms with Crippen molar-refractivity contribution in [1.29, 1.82) is 0 Å². The van der Waals surface area contributed by atoms with Gasteiger partial charge in [-0.25, -0.2) is 4.98 Å². The summed E-state index contributed by atoms with van der Waals surface area (Å²) in [5, 5.41) is 4.76. The van der Waals surface area contributed by atoms with E-state index in [1.807, 2.05) is 0 Å². The highest BCUT2D eigenvalue weighted by Crippen LogP contribution is 2.30. The van der Waals surface area contributed by atoms with Crippen molar-refractivity contribution < 1.29 is 0 Å². The van der Waals surface area contributed by atoms with Gasteiger partial charge in [0.1, 0.15) is 0 Å². The van der Waals surface area contributed by atoms with Crippen molar-refractivity contribution in [3.05, 3.63) is 23.8 Å². The molecule has 0 aliphatic heterocycles. The molecule has 102 valence electrons. The van der Waals surface area contributed by atoms with Gasteiger partial charge in [0, 0.05) is 6.04 Å². The van der Waals surface area contributed by atoms with Crippen LogP contribution in [0.2, 0.25) is 0 Å². The summed E-state index contributed by atoms with van der Waals surface area (Å²) >= 11 is 1.79. The maximum Gasteiger partial charge on any atom is 0.184 e. The number of hydrogen-bond acceptors (Lipinski definition) is 3. The molecule has 0 amide bonds. The molecule has 2 unspecified atom stereocenters. The largest absolute Gasteiger partial charge is 0.359 e. The number of hydrogen-bond donors (Lipinski definition) is 1. The molecule has 1 aliphatic rings. The molecule has 0 spiro atoms. The number of aromatic nitrogens is 1. The minimum Gasteiger partial charge on any atom is -0.359 e. The van der Waals surface area contributed by atoms with Crippen LogP contribution >= 0.6 is 11.3 Å². The summed E-state index contributed by atoms with van der Waals surface area (Å²) < 4.78 is 1.29. The van der Waals surface area contributed by atoms with E-state index < -0.39 is 0 Å². The van der Waals surface area contributed by atoms with Crippen molar-refractivity contribution >= 4 is 26.7 Å². The number of fused-ring (bicyclic) bond motifs is 1. The summed E-state index contributed by atoms with van der Waals surface area (Å²) in [6.07, 6.45) is 6.66. The van der Waals surface area contributed by atoms with Crippen LogP contribution in [-0.2, 0) is 0 Å². The first kappa shape index (κ1) is 12.9. The van der Waals surface area contributed by atoms with Crippen LogP contribution in [0.4, 0.5) is 5.13 Å². The third-order valence-electron chi connectivity index (χ3n) is 4.13. The molecular formula is C16H22N2S. The molecule has 1 heterocycles. The molecule has 1 aliphatic carbocycles. The van der Waals surface area contributed by atoms with E-state index in [0.717, 1.165) is 16.6 Å². The minimum atomic E-state index is 0.617. The van der Waals surface area contributed by atoms with Crippen LogP contribution in [0.15, 0.2) is 18.2 Å². The molecule has 3 heteroatoms. The van der Waals surface area contributed by atoms with E-state index in [1.165, 1.54) is 42.4 Å². The smallest absolute Gasteiger partial charge is 0.184 e. The van der Waals surface area contributed by atoms with Crippen molar-refractivity contribution in [2.24, 2.45) is 5.92 Å². The molecule has 0 radical (unpaired) electrons. The zero-order valence-corrected chi connectivity index (χ0v) is 12.6. The van der Waals surface area contributed by atoms with Crippen LogP contribution in [0, 0.1) is 12.8 Å². The van der Waals surface area contributed by atoms with Gasteiger partial charge >= 0.3 is 0 Å². The standard InChI is InChI=1S/C16H22N2S/c1-11-4-3-5-13(8-6-11)17-16-18-14-10-12(2)7-9-15(14)19-16/h7,9-11,13H,3-6,8H2,1-2H3,(H,17,18). The van der Waals surface area contributed by atoms with Crippen molar-refractivity contribution in [2.45, 2.75) is 52.0 Å². The lowest BCUT2D eigenvalue weighted by molar-refractivity contribution is 0.502. The lowest BCUT2D eigenvalue weighted by Gasteiger charge is -2.15. The predicted molar refractivity (Wildman–Crippen MR) is 84.0 cm³/mol. The van der Waals surface area contributed by atoms with Crippen molar-refractivity contribution in [3.8, 4) is 0 Å². The summed E-state index contributed by atoms with van der Waals surface area (Å²) in [7, 11) is 0. The number of aryl methyl sites for hydroxylation is 1. The number of thiazole rings is 1. The first-order valence-corrected chi connectivity index (χ1v) is 8.16. The Hall–Kier alpha value is -1.09. The fraction of sp³-hybridized carbons (Fsp3) is 0.562. The van der Waals surface area contributed by atoms with E-state index in [9.17, 15) is 0 Å². The van der Waals surface area contributed by atoms with E-state index in [0.29, 0.717) is 6.04 Å². The fourth-order valence-corrected chi connectivity index (χ4v) is 3.83. The highest BCUT2D eigenvalue weighted by molar-refractivity contribution is 7.22. The minimum absolute atomic E-state index is 0.617. The van der Waals surface area contributed by atoms with Crippen LogP contribution in [0.1, 0.15) is 44.6 Å². The van der Waals surface area contributed by atoms with E-state index >= 15 is 0 Å². The van der Waals surface area contributed by atoms with Crippen LogP contribution in [0.3, 0.4) is 0 Å². The third kappa shape index (κ3) is 3.08. The molecule has 1 aromatic heterocycles. The first-order valence-electron chi connectivity index (χ1n) is 7.34. The Balaban J connectivity index is 1.73. The maximum absolute atomic E-state index is 4.72. The van der Waals surface area contributed by atoms with Crippen LogP contribution < -0.4 is 5.32 Å². The molecule has 1 fully saturated rings. The highest BCUT2D eigenvalue weighted by atomic mass is 32.1. The Morgan fingerprint density at radius 2 is 2.11 bits per heavy atom. The molecular weight excluding hydrogens is 252 g/mol. The van der Waals surface area contributed by atoms with Gasteiger partial charge in [0.05, 0.1) is 10.2 Å². The summed E-state index contributed by atoms with van der Waals surface area (Å²) in [5.74, 6) is 0.893. The number of nitrogens with one attached hydrogen (secondary N) is 1. The van der Waals surface area contributed by atoms with Crippen molar-refractivity contribution in [1.82, 2.24) is 4.98 Å². The van der Waals surface area contributed by atoms with Gasteiger partial charge in [-0.2, -0.15) is 0 Å². The molecule has 19 heavy (non-hydrogen) atoms. The summed E-state index contributed by atoms with van der Waals surface area (Å²) in [4.78, 5) is 4.72. The van der Waals surface area contributed by atoms with E-state index in [2.05, 4.69) is 37.4 Å². The molecule has 1 N–H and O–H groups in total. The van der Waals surface area contributed by atoms with Crippen LogP contribution in [0.25, 0.3) is 10.2 Å². The van der Waals surface area contributed by atoms with Crippen LogP contribution in [0.5, 0.6) is 0 Å². The third-order valence-corrected chi connectivity index (χ3v) is 5.10. The van der Waals surface area contributed by atoms with Gasteiger partial charge in [0.25, 0.3) is 0 Å². The Kier molecular flexibility index (Phi) is 3.74. The Labute approximate surface area is 119 Å². The van der Waals surface area contributed by atoms with Gasteiger partial charge in [0.2, 0.25) is 0 Å². The zero-order valence-electron chi connectivity index (χ0n) is 11.8. The second-order valence-corrected chi connectivity index (χ2v) is 6.98. The first-order chi connectivity index (χ1) is 9.20. The maximum atomic E-state index is 4.72. The summed E-state index contributed by atoms with van der Waals surface area (Å²) in [6, 6.07) is 7.14. The average Bonchev–Trinajstić information content (AvgIpc) is 2.65. The lowest BCUT2D eigenvalue weighted by Crippen LogP contribution is -2.18. The summed E-state index contributed by atoms with van der Waals surface area (Å²) in [5.41, 5.74) is 2.42. The Bertz CT molecular complexity index is 561. The second-order valence-electron chi connectivity index (χ2n) is 5.94. The molecule has 0 bridgehead atoms. The van der Waals surface area contributed by atoms with Gasteiger partial charge in [-0.1, -0.05) is 37.2 Å². The van der Waals surface area contributed by atoms with Crippen LogP contribution in [-0.4, -0.2) is 11.0 Å². The van der Waals surface area contributed by atoms with Gasteiger partial charge in [-0.15, -0.1) is 0 Å². The molecule has 3 rings (SSSR count). The number of rotatable bonds is 2. The number of nitrogens with zero attached hydrogens (tertiary/aromatic N) is 1. The predicted octanol–water partition coefficient (Wildman–Crippen LogP) is 4.99. The van der Waals surface area contributed by atoms with Crippen molar-refractivity contribution in [3.63, 3.8) is 0 Å². The second kappa shape index (κ2) is 5.49. The lowest BCUT2D eigenvalue weighted by atomic mass is 10.0. The summed E-state index contributed by atoms with van der Waals surface area (Å²) in [6.45, 7) is 4.50. The van der Waals surface area contributed by atoms with Gasteiger partial charge in [0.15, 0.2) is 5.13 Å². The van der Waals surface area contributed by atoms with Crippen molar-refractivity contribution in [2.75, 3.05) is 5.32 Å². The topological polar surface area (TPSA) is 24.9 Å². The quantitative estimate of drug-likeness (QED) is 0.781. The number of benzene rings is 1. The Morgan fingerprint density at radius 1 is 1.21 bits per heavy atom. The monoisotopic (exact) mass is 274 g/mol. The highest BCUT2D eigenvalue weighted by Gasteiger charge is 2.17. The van der Waals surface area contributed by atoms with Gasteiger partial charge in [-0.3, -0.25) is 0 Å². The SMILES string of the molecule is Cc1ccc2sc(NC3CCCC(C)CC3)nc2c1. The molecule has 2 atom stereocenters. The zero-order chi connectivity index (χ0) is 13.2. The molecule has 0 saturated heterocycles. The van der Waals surface area contributed by atoms with E-state index in [1.54, 1.807) is 11.3 Å².